The van der Waals surface area contributed by atoms with Crippen molar-refractivity contribution in [2.45, 2.75) is 36.0 Å². The van der Waals surface area contributed by atoms with Gasteiger partial charge in [-0.05, 0) is 49.6 Å². The molecule has 0 aromatic heterocycles. The van der Waals surface area contributed by atoms with Gasteiger partial charge in [-0.2, -0.15) is 4.31 Å². The predicted molar refractivity (Wildman–Crippen MR) is 111 cm³/mol. The highest BCUT2D eigenvalue weighted by Gasteiger charge is 2.27. The van der Waals surface area contributed by atoms with Crippen molar-refractivity contribution in [3.63, 3.8) is 0 Å². The molecule has 2 aromatic carbocycles. The van der Waals surface area contributed by atoms with Gasteiger partial charge in [-0.1, -0.05) is 41.8 Å². The summed E-state index contributed by atoms with van der Waals surface area (Å²) in [4.78, 5) is -0.125. The Balaban J connectivity index is 1.97. The minimum absolute atomic E-state index is 0.0508. The number of hydrogen-bond acceptors (Lipinski definition) is 4. The lowest BCUT2D eigenvalue weighted by molar-refractivity contribution is 0.346. The summed E-state index contributed by atoms with van der Waals surface area (Å²) in [5, 5.41) is 0.0223. The first kappa shape index (κ1) is 21.4. The maximum Gasteiger partial charge on any atom is 0.263 e. The standard InChI is InChI=1S/C18H20Cl2N2O4S2/c1-13-8-9-14(28(25,26)22-10-3-2-4-11-22)12-16(13)21-27(23,24)17-7-5-6-15(19)18(17)20/h5-9,12,21H,2-4,10-11H2,1H3. The third-order valence-electron chi connectivity index (χ3n) is 4.61. The first-order chi connectivity index (χ1) is 13.1. The average Bonchev–Trinajstić information content (AvgIpc) is 2.66. The minimum Gasteiger partial charge on any atom is -0.279 e. The van der Waals surface area contributed by atoms with Crippen LogP contribution in [0.25, 0.3) is 0 Å². The van der Waals surface area contributed by atoms with Gasteiger partial charge in [0.1, 0.15) is 4.90 Å². The summed E-state index contributed by atoms with van der Waals surface area (Å²) >= 11 is 12.0. The Hall–Kier alpha value is -1.32. The fourth-order valence-electron chi connectivity index (χ4n) is 3.02. The molecular weight excluding hydrogens is 443 g/mol. The van der Waals surface area contributed by atoms with Crippen LogP contribution in [0.2, 0.25) is 10.0 Å². The zero-order valence-corrected chi connectivity index (χ0v) is 18.3. The molecule has 152 valence electrons. The highest BCUT2D eigenvalue weighted by atomic mass is 35.5. The first-order valence-corrected chi connectivity index (χ1v) is 12.4. The Labute approximate surface area is 175 Å². The summed E-state index contributed by atoms with van der Waals surface area (Å²) in [6.45, 7) is 2.62. The Morgan fingerprint density at radius 1 is 0.964 bits per heavy atom. The second-order valence-corrected chi connectivity index (χ2v) is 11.0. The van der Waals surface area contributed by atoms with Crippen LogP contribution in [0.1, 0.15) is 24.8 Å². The van der Waals surface area contributed by atoms with Gasteiger partial charge in [0.15, 0.2) is 0 Å². The number of nitrogens with one attached hydrogen (secondary N) is 1. The van der Waals surface area contributed by atoms with Crippen LogP contribution in [0, 0.1) is 6.92 Å². The second kappa shape index (κ2) is 8.20. The van der Waals surface area contributed by atoms with E-state index in [9.17, 15) is 16.8 Å². The Morgan fingerprint density at radius 2 is 1.64 bits per heavy atom. The molecule has 1 fully saturated rings. The molecule has 28 heavy (non-hydrogen) atoms. The molecule has 0 radical (unpaired) electrons. The largest absolute Gasteiger partial charge is 0.279 e. The SMILES string of the molecule is Cc1ccc(S(=O)(=O)N2CCCCC2)cc1NS(=O)(=O)c1cccc(Cl)c1Cl. The Morgan fingerprint density at radius 3 is 2.32 bits per heavy atom. The van der Waals surface area contributed by atoms with Crippen LogP contribution in [0.4, 0.5) is 5.69 Å². The molecule has 0 unspecified atom stereocenters. The number of nitrogens with zero attached hydrogens (tertiary/aromatic N) is 1. The highest BCUT2D eigenvalue weighted by molar-refractivity contribution is 7.93. The van der Waals surface area contributed by atoms with Gasteiger partial charge < -0.3 is 0 Å². The smallest absolute Gasteiger partial charge is 0.263 e. The first-order valence-electron chi connectivity index (χ1n) is 8.70. The van der Waals surface area contributed by atoms with Crippen LogP contribution >= 0.6 is 23.2 Å². The number of anilines is 1. The van der Waals surface area contributed by atoms with Crippen molar-refractivity contribution in [2.75, 3.05) is 17.8 Å². The van der Waals surface area contributed by atoms with E-state index in [0.717, 1.165) is 19.3 Å². The zero-order valence-electron chi connectivity index (χ0n) is 15.2. The number of rotatable bonds is 5. The van der Waals surface area contributed by atoms with Crippen LogP contribution in [-0.2, 0) is 20.0 Å². The summed E-state index contributed by atoms with van der Waals surface area (Å²) in [6, 6.07) is 8.71. The fourth-order valence-corrected chi connectivity index (χ4v) is 6.45. The van der Waals surface area contributed by atoms with E-state index in [0.29, 0.717) is 18.7 Å². The van der Waals surface area contributed by atoms with Gasteiger partial charge in [0.2, 0.25) is 10.0 Å². The molecule has 0 aliphatic carbocycles. The average molecular weight is 463 g/mol. The van der Waals surface area contributed by atoms with E-state index in [1.807, 2.05) is 0 Å². The minimum atomic E-state index is -4.05. The van der Waals surface area contributed by atoms with Gasteiger partial charge >= 0.3 is 0 Å². The quantitative estimate of drug-likeness (QED) is 0.718. The number of halogens is 2. The topological polar surface area (TPSA) is 83.6 Å². The molecule has 3 rings (SSSR count). The van der Waals surface area contributed by atoms with Crippen molar-refractivity contribution < 1.29 is 16.8 Å². The number of benzene rings is 2. The molecule has 0 spiro atoms. The van der Waals surface area contributed by atoms with Crippen molar-refractivity contribution in [3.05, 3.63) is 52.0 Å². The number of hydrogen-bond donors (Lipinski definition) is 1. The lowest BCUT2D eigenvalue weighted by Gasteiger charge is -2.26. The van der Waals surface area contributed by atoms with Crippen LogP contribution in [0.5, 0.6) is 0 Å². The van der Waals surface area contributed by atoms with Crippen molar-refractivity contribution in [3.8, 4) is 0 Å². The number of aryl methyl sites for hydroxylation is 1. The van der Waals surface area contributed by atoms with Crippen molar-refractivity contribution >= 4 is 48.9 Å². The zero-order chi connectivity index (χ0) is 20.5. The molecular formula is C18H20Cl2N2O4S2. The fraction of sp³-hybridized carbons (Fsp3) is 0.333. The lowest BCUT2D eigenvalue weighted by atomic mass is 10.2. The molecule has 6 nitrogen and oxygen atoms in total. The maximum atomic E-state index is 12.9. The number of sulfonamides is 2. The molecule has 10 heteroatoms. The third kappa shape index (κ3) is 4.31. The highest BCUT2D eigenvalue weighted by Crippen LogP contribution is 2.32. The summed E-state index contributed by atoms with van der Waals surface area (Å²) in [7, 11) is -7.74. The Kier molecular flexibility index (Phi) is 6.26. The van der Waals surface area contributed by atoms with Crippen LogP contribution in [0.15, 0.2) is 46.2 Å². The maximum absolute atomic E-state index is 12.9. The summed E-state index contributed by atoms with van der Waals surface area (Å²) in [5.74, 6) is 0. The van der Waals surface area contributed by atoms with E-state index in [1.165, 1.54) is 34.6 Å². The molecule has 1 aliphatic rings. The molecule has 1 aliphatic heterocycles. The summed E-state index contributed by atoms with van der Waals surface area (Å²) < 4.78 is 55.2. The van der Waals surface area contributed by atoms with E-state index >= 15 is 0 Å². The van der Waals surface area contributed by atoms with Gasteiger partial charge in [-0.25, -0.2) is 16.8 Å². The third-order valence-corrected chi connectivity index (χ3v) is 8.85. The van der Waals surface area contributed by atoms with Gasteiger partial charge in [-0.15, -0.1) is 0 Å². The molecule has 0 bridgehead atoms. The summed E-state index contributed by atoms with van der Waals surface area (Å²) in [5.41, 5.74) is 0.758. The van der Waals surface area contributed by atoms with Gasteiger partial charge in [0.05, 0.1) is 20.6 Å². The molecule has 1 N–H and O–H groups in total. The van der Waals surface area contributed by atoms with Gasteiger partial charge in [0, 0.05) is 13.1 Å². The van der Waals surface area contributed by atoms with E-state index in [2.05, 4.69) is 4.72 Å². The number of piperidine rings is 1. The molecule has 1 saturated heterocycles. The second-order valence-electron chi connectivity index (χ2n) is 6.60. The molecule has 2 aromatic rings. The van der Waals surface area contributed by atoms with E-state index < -0.39 is 20.0 Å². The molecule has 0 saturated carbocycles. The van der Waals surface area contributed by atoms with Crippen LogP contribution in [0.3, 0.4) is 0 Å². The normalized spacial score (nSPS) is 16.1. The predicted octanol–water partition coefficient (Wildman–Crippen LogP) is 4.28. The monoisotopic (exact) mass is 462 g/mol. The van der Waals surface area contributed by atoms with Crippen LogP contribution < -0.4 is 4.72 Å². The summed E-state index contributed by atoms with van der Waals surface area (Å²) in [6.07, 6.45) is 2.64. The van der Waals surface area contributed by atoms with Crippen molar-refractivity contribution in [1.82, 2.24) is 4.31 Å². The molecule has 0 amide bonds. The van der Waals surface area contributed by atoms with Gasteiger partial charge in [0.25, 0.3) is 10.0 Å². The van der Waals surface area contributed by atoms with Crippen molar-refractivity contribution in [1.29, 1.82) is 0 Å². The van der Waals surface area contributed by atoms with E-state index in [1.54, 1.807) is 13.0 Å². The molecule has 0 atom stereocenters. The molecule has 1 heterocycles. The van der Waals surface area contributed by atoms with Crippen molar-refractivity contribution in [2.24, 2.45) is 0 Å². The van der Waals surface area contributed by atoms with E-state index in [-0.39, 0.29) is 25.5 Å². The van der Waals surface area contributed by atoms with Crippen LogP contribution in [-0.4, -0.2) is 34.2 Å². The van der Waals surface area contributed by atoms with E-state index in [4.69, 9.17) is 23.2 Å². The lowest BCUT2D eigenvalue weighted by Crippen LogP contribution is -2.35. The van der Waals surface area contributed by atoms with Gasteiger partial charge in [-0.3, -0.25) is 4.72 Å². The Bertz CT molecular complexity index is 1100.